The largest absolute Gasteiger partial charge is 0.409 e. The Morgan fingerprint density at radius 3 is 2.69 bits per heavy atom. The van der Waals surface area contributed by atoms with E-state index in [0.29, 0.717) is 11.3 Å². The van der Waals surface area contributed by atoms with E-state index >= 15 is 0 Å². The molecular weight excluding hydrogens is 208 g/mol. The number of nitrogens with one attached hydrogen (secondary N) is 1. The average molecular weight is 222 g/mol. The van der Waals surface area contributed by atoms with Crippen molar-refractivity contribution in [3.05, 3.63) is 29.8 Å². The van der Waals surface area contributed by atoms with Crippen LogP contribution in [0, 0.1) is 0 Å². The third kappa shape index (κ3) is 2.22. The number of hydrogen-bond acceptors (Lipinski definition) is 3. The highest BCUT2D eigenvalue weighted by Crippen LogP contribution is 2.18. The predicted molar refractivity (Wildman–Crippen MR) is 61.8 cm³/mol. The zero-order chi connectivity index (χ0) is 12.1. The van der Waals surface area contributed by atoms with Gasteiger partial charge in [-0.2, -0.15) is 0 Å². The van der Waals surface area contributed by atoms with E-state index in [1.807, 2.05) is 0 Å². The highest BCUT2D eigenvalue weighted by molar-refractivity contribution is 6.05. The summed E-state index contributed by atoms with van der Waals surface area (Å²) in [6.45, 7) is 0. The number of nitrogens with zero attached hydrogens (tertiary/aromatic N) is 2. The normalized spacial score (nSPS) is 11.0. The molecule has 6 heteroatoms. The number of carbonyl (C=O) groups excluding carboxylic acids is 1. The zero-order valence-corrected chi connectivity index (χ0v) is 9.14. The minimum atomic E-state index is -0.279. The maximum Gasteiger partial charge on any atom is 0.321 e. The standard InChI is InChI=1S/C10H14N4O2/c1-12-10(15)14(2)8-6-4-3-5-7(8)9(11)13-16/h3-6,16H,1-2H3,(H2,11,13)(H,12,15). The summed E-state index contributed by atoms with van der Waals surface area (Å²) in [6, 6.07) is 6.61. The molecule has 0 saturated carbocycles. The molecule has 1 aromatic rings. The summed E-state index contributed by atoms with van der Waals surface area (Å²) in [5.41, 5.74) is 6.58. The van der Waals surface area contributed by atoms with E-state index in [9.17, 15) is 4.79 Å². The molecule has 16 heavy (non-hydrogen) atoms. The lowest BCUT2D eigenvalue weighted by Gasteiger charge is -2.19. The first-order valence-corrected chi connectivity index (χ1v) is 4.64. The number of para-hydroxylation sites is 1. The van der Waals surface area contributed by atoms with Gasteiger partial charge in [0.2, 0.25) is 0 Å². The fourth-order valence-corrected chi connectivity index (χ4v) is 1.31. The van der Waals surface area contributed by atoms with Crippen molar-refractivity contribution in [2.75, 3.05) is 19.0 Å². The van der Waals surface area contributed by atoms with Crippen molar-refractivity contribution in [2.24, 2.45) is 10.9 Å². The molecule has 0 fully saturated rings. The molecule has 0 aliphatic heterocycles. The number of rotatable bonds is 2. The Hall–Kier alpha value is -2.24. The average Bonchev–Trinajstić information content (AvgIpc) is 2.35. The Labute approximate surface area is 93.3 Å². The summed E-state index contributed by atoms with van der Waals surface area (Å²) in [7, 11) is 3.13. The Balaban J connectivity index is 3.18. The number of hydrogen-bond donors (Lipinski definition) is 3. The van der Waals surface area contributed by atoms with Crippen molar-refractivity contribution < 1.29 is 10.0 Å². The minimum absolute atomic E-state index is 0.0358. The second kappa shape index (κ2) is 5.01. The Morgan fingerprint density at radius 2 is 2.12 bits per heavy atom. The topological polar surface area (TPSA) is 91.0 Å². The predicted octanol–water partition coefficient (Wildman–Crippen LogP) is 0.557. The van der Waals surface area contributed by atoms with E-state index in [1.165, 1.54) is 11.9 Å². The Kier molecular flexibility index (Phi) is 3.71. The number of nitrogens with two attached hydrogens (primary N) is 1. The number of anilines is 1. The molecule has 0 bridgehead atoms. The van der Waals surface area contributed by atoms with Gasteiger partial charge in [0.1, 0.15) is 0 Å². The quantitative estimate of drug-likeness (QED) is 0.295. The minimum Gasteiger partial charge on any atom is -0.409 e. The van der Waals surface area contributed by atoms with Gasteiger partial charge in [0.25, 0.3) is 0 Å². The monoisotopic (exact) mass is 222 g/mol. The summed E-state index contributed by atoms with van der Waals surface area (Å²) in [6.07, 6.45) is 0. The van der Waals surface area contributed by atoms with Gasteiger partial charge in [-0.25, -0.2) is 4.79 Å². The van der Waals surface area contributed by atoms with Crippen LogP contribution in [-0.2, 0) is 0 Å². The molecule has 0 aromatic heterocycles. The van der Waals surface area contributed by atoms with E-state index in [0.717, 1.165) is 0 Å². The van der Waals surface area contributed by atoms with Gasteiger partial charge < -0.3 is 16.3 Å². The van der Waals surface area contributed by atoms with Gasteiger partial charge >= 0.3 is 6.03 Å². The molecule has 2 amide bonds. The number of oxime groups is 1. The smallest absolute Gasteiger partial charge is 0.321 e. The lowest BCUT2D eigenvalue weighted by Crippen LogP contribution is -2.36. The summed E-state index contributed by atoms with van der Waals surface area (Å²) in [5.74, 6) is -0.0358. The number of amides is 2. The van der Waals surface area contributed by atoms with Crippen LogP contribution in [0.3, 0.4) is 0 Å². The lowest BCUT2D eigenvalue weighted by atomic mass is 10.1. The molecule has 0 heterocycles. The van der Waals surface area contributed by atoms with Gasteiger partial charge in [-0.15, -0.1) is 0 Å². The van der Waals surface area contributed by atoms with E-state index in [4.69, 9.17) is 10.9 Å². The molecule has 6 nitrogen and oxygen atoms in total. The Morgan fingerprint density at radius 1 is 1.50 bits per heavy atom. The lowest BCUT2D eigenvalue weighted by molar-refractivity contribution is 0.249. The van der Waals surface area contributed by atoms with Crippen LogP contribution < -0.4 is 16.0 Å². The molecule has 0 atom stereocenters. The van der Waals surface area contributed by atoms with Crippen LogP contribution >= 0.6 is 0 Å². The van der Waals surface area contributed by atoms with Crippen molar-refractivity contribution in [3.63, 3.8) is 0 Å². The van der Waals surface area contributed by atoms with Crippen LogP contribution in [0.15, 0.2) is 29.4 Å². The van der Waals surface area contributed by atoms with E-state index in [2.05, 4.69) is 10.5 Å². The number of urea groups is 1. The SMILES string of the molecule is CNC(=O)N(C)c1ccccc1/C(N)=N/O. The van der Waals surface area contributed by atoms with Crippen LogP contribution in [-0.4, -0.2) is 31.2 Å². The van der Waals surface area contributed by atoms with Crippen LogP contribution in [0.5, 0.6) is 0 Å². The number of carbonyl (C=O) groups is 1. The summed E-state index contributed by atoms with van der Waals surface area (Å²) in [5, 5.41) is 14.0. The van der Waals surface area contributed by atoms with E-state index < -0.39 is 0 Å². The maximum atomic E-state index is 11.4. The van der Waals surface area contributed by atoms with Gasteiger partial charge in [0.05, 0.1) is 5.69 Å². The first-order valence-electron chi connectivity index (χ1n) is 4.64. The third-order valence-corrected chi connectivity index (χ3v) is 2.17. The molecule has 1 rings (SSSR count). The molecule has 0 spiro atoms. The van der Waals surface area contributed by atoms with Crippen molar-refractivity contribution in [1.82, 2.24) is 5.32 Å². The first-order chi connectivity index (χ1) is 7.61. The molecule has 0 radical (unpaired) electrons. The van der Waals surface area contributed by atoms with Gasteiger partial charge in [-0.05, 0) is 12.1 Å². The molecule has 0 unspecified atom stereocenters. The molecule has 0 aliphatic rings. The number of amidine groups is 1. The second-order valence-electron chi connectivity index (χ2n) is 3.12. The maximum absolute atomic E-state index is 11.4. The third-order valence-electron chi connectivity index (χ3n) is 2.17. The van der Waals surface area contributed by atoms with Crippen LogP contribution in [0.2, 0.25) is 0 Å². The molecule has 4 N–H and O–H groups in total. The summed E-state index contributed by atoms with van der Waals surface area (Å²) in [4.78, 5) is 12.8. The van der Waals surface area contributed by atoms with Crippen LogP contribution in [0.1, 0.15) is 5.56 Å². The highest BCUT2D eigenvalue weighted by atomic mass is 16.4. The van der Waals surface area contributed by atoms with Crippen LogP contribution in [0.25, 0.3) is 0 Å². The molecular formula is C10H14N4O2. The summed E-state index contributed by atoms with van der Waals surface area (Å²) < 4.78 is 0. The van der Waals surface area contributed by atoms with Crippen molar-refractivity contribution in [1.29, 1.82) is 0 Å². The van der Waals surface area contributed by atoms with Gasteiger partial charge in [0, 0.05) is 19.7 Å². The molecule has 0 aliphatic carbocycles. The first kappa shape index (κ1) is 11.8. The number of benzene rings is 1. The molecule has 0 saturated heterocycles. The van der Waals surface area contributed by atoms with Crippen molar-refractivity contribution >= 4 is 17.6 Å². The Bertz CT molecular complexity index is 417. The van der Waals surface area contributed by atoms with E-state index in [-0.39, 0.29) is 11.9 Å². The van der Waals surface area contributed by atoms with E-state index in [1.54, 1.807) is 31.3 Å². The van der Waals surface area contributed by atoms with Gasteiger partial charge in [-0.3, -0.25) is 4.90 Å². The fraction of sp³-hybridized carbons (Fsp3) is 0.200. The second-order valence-corrected chi connectivity index (χ2v) is 3.12. The molecule has 86 valence electrons. The molecule has 1 aromatic carbocycles. The van der Waals surface area contributed by atoms with Gasteiger partial charge in [-0.1, -0.05) is 17.3 Å². The van der Waals surface area contributed by atoms with Crippen molar-refractivity contribution in [2.45, 2.75) is 0 Å². The highest BCUT2D eigenvalue weighted by Gasteiger charge is 2.14. The summed E-state index contributed by atoms with van der Waals surface area (Å²) >= 11 is 0. The van der Waals surface area contributed by atoms with Crippen molar-refractivity contribution in [3.8, 4) is 0 Å². The zero-order valence-electron chi connectivity index (χ0n) is 9.14. The fourth-order valence-electron chi connectivity index (χ4n) is 1.31. The van der Waals surface area contributed by atoms with Gasteiger partial charge in [0.15, 0.2) is 5.84 Å². The van der Waals surface area contributed by atoms with Crippen LogP contribution in [0.4, 0.5) is 10.5 Å².